The molecule has 0 aromatic carbocycles. The van der Waals surface area contributed by atoms with E-state index in [0.717, 1.165) is 12.8 Å². The number of esters is 1. The molecule has 0 aromatic heterocycles. The number of carbonyl (C=O) groups excluding carboxylic acids is 1. The molecule has 1 atom stereocenters. The minimum absolute atomic E-state index is 0.178. The second-order valence-electron chi connectivity index (χ2n) is 6.59. The van der Waals surface area contributed by atoms with E-state index in [4.69, 9.17) is 9.47 Å². The average Bonchev–Trinajstić information content (AvgIpc) is 2.67. The molecular formula is C17H33NO3. The second-order valence-corrected chi connectivity index (χ2v) is 6.59. The first kappa shape index (κ1) is 18.4. The van der Waals surface area contributed by atoms with Gasteiger partial charge in [-0.3, -0.25) is 10.1 Å². The first-order valence-corrected chi connectivity index (χ1v) is 8.54. The van der Waals surface area contributed by atoms with Gasteiger partial charge in [0.15, 0.2) is 0 Å². The highest BCUT2D eigenvalue weighted by atomic mass is 16.5. The Morgan fingerprint density at radius 3 is 2.38 bits per heavy atom. The third kappa shape index (κ3) is 6.79. The molecule has 0 spiro atoms. The van der Waals surface area contributed by atoms with E-state index in [2.05, 4.69) is 5.32 Å². The van der Waals surface area contributed by atoms with Crippen molar-refractivity contribution in [3.05, 3.63) is 0 Å². The van der Waals surface area contributed by atoms with E-state index >= 15 is 0 Å². The van der Waals surface area contributed by atoms with Crippen LogP contribution in [0.1, 0.15) is 72.6 Å². The number of rotatable bonds is 8. The summed E-state index contributed by atoms with van der Waals surface area (Å²) in [6, 6.07) is 0.234. The van der Waals surface area contributed by atoms with E-state index in [1.54, 1.807) is 0 Å². The first-order chi connectivity index (χ1) is 9.98. The first-order valence-electron chi connectivity index (χ1n) is 8.54. The number of hydrogen-bond donors (Lipinski definition) is 1. The maximum atomic E-state index is 12.2. The van der Waals surface area contributed by atoms with Crippen molar-refractivity contribution in [1.29, 1.82) is 0 Å². The lowest BCUT2D eigenvalue weighted by Gasteiger charge is -2.31. The molecule has 124 valence electrons. The van der Waals surface area contributed by atoms with Crippen molar-refractivity contribution in [2.75, 3.05) is 13.2 Å². The highest BCUT2D eigenvalue weighted by molar-refractivity contribution is 5.80. The van der Waals surface area contributed by atoms with E-state index in [1.165, 1.54) is 25.7 Å². The standard InChI is InChI=1S/C17H33NO3/c1-5-20-16(19)17(4,18-14(2)3)12-13-21-15-10-8-6-7-9-11-15/h14-15,18H,5-13H2,1-4H3. The molecule has 0 saturated heterocycles. The molecule has 0 radical (unpaired) electrons. The molecule has 0 aromatic rings. The zero-order chi connectivity index (χ0) is 15.7. The third-order valence-corrected chi connectivity index (χ3v) is 4.09. The lowest BCUT2D eigenvalue weighted by molar-refractivity contribution is -0.152. The zero-order valence-corrected chi connectivity index (χ0v) is 14.2. The molecule has 0 heterocycles. The normalized spacial score (nSPS) is 20.0. The molecule has 0 aliphatic heterocycles. The van der Waals surface area contributed by atoms with Crippen molar-refractivity contribution >= 4 is 5.97 Å². The molecule has 4 nitrogen and oxygen atoms in total. The molecule has 1 aliphatic rings. The lowest BCUT2D eigenvalue weighted by atomic mass is 9.97. The van der Waals surface area contributed by atoms with Crippen molar-refractivity contribution in [2.45, 2.75) is 90.3 Å². The summed E-state index contributed by atoms with van der Waals surface area (Å²) in [6.07, 6.45) is 8.54. The van der Waals surface area contributed by atoms with E-state index in [-0.39, 0.29) is 12.0 Å². The molecule has 1 aliphatic carbocycles. The maximum Gasteiger partial charge on any atom is 0.326 e. The Morgan fingerprint density at radius 1 is 1.24 bits per heavy atom. The summed E-state index contributed by atoms with van der Waals surface area (Å²) in [4.78, 5) is 12.2. The average molecular weight is 299 g/mol. The van der Waals surface area contributed by atoms with Gasteiger partial charge in [0, 0.05) is 12.6 Å². The summed E-state index contributed by atoms with van der Waals surface area (Å²) in [5.74, 6) is -0.178. The van der Waals surface area contributed by atoms with Crippen LogP contribution in [-0.2, 0) is 14.3 Å². The molecule has 1 N–H and O–H groups in total. The Balaban J connectivity index is 2.46. The molecule has 4 heteroatoms. The summed E-state index contributed by atoms with van der Waals surface area (Å²) in [5.41, 5.74) is -0.658. The van der Waals surface area contributed by atoms with Gasteiger partial charge in [0.05, 0.1) is 12.7 Å². The Morgan fingerprint density at radius 2 is 1.86 bits per heavy atom. The fourth-order valence-electron chi connectivity index (χ4n) is 3.00. The molecule has 1 unspecified atom stereocenters. The fourth-order valence-corrected chi connectivity index (χ4v) is 3.00. The van der Waals surface area contributed by atoms with Crippen LogP contribution >= 0.6 is 0 Å². The Hall–Kier alpha value is -0.610. The van der Waals surface area contributed by atoms with Crippen molar-refractivity contribution in [1.82, 2.24) is 5.32 Å². The van der Waals surface area contributed by atoms with Gasteiger partial charge < -0.3 is 9.47 Å². The molecule has 0 amide bonds. The van der Waals surface area contributed by atoms with Gasteiger partial charge in [-0.25, -0.2) is 0 Å². The van der Waals surface area contributed by atoms with Gasteiger partial charge >= 0.3 is 5.97 Å². The molecule has 1 saturated carbocycles. The van der Waals surface area contributed by atoms with Gasteiger partial charge in [0.25, 0.3) is 0 Å². The molecule has 1 fully saturated rings. The number of nitrogens with one attached hydrogen (secondary N) is 1. The van der Waals surface area contributed by atoms with Gasteiger partial charge in [-0.05, 0) is 47.0 Å². The number of carbonyl (C=O) groups is 1. The zero-order valence-electron chi connectivity index (χ0n) is 14.2. The highest BCUT2D eigenvalue weighted by Gasteiger charge is 2.35. The monoisotopic (exact) mass is 299 g/mol. The van der Waals surface area contributed by atoms with Gasteiger partial charge in [-0.1, -0.05) is 25.7 Å². The van der Waals surface area contributed by atoms with Crippen molar-refractivity contribution in [3.63, 3.8) is 0 Å². The summed E-state index contributed by atoms with van der Waals surface area (Å²) >= 11 is 0. The van der Waals surface area contributed by atoms with E-state index in [1.807, 2.05) is 27.7 Å². The predicted octanol–water partition coefficient (Wildman–Crippen LogP) is 3.44. The minimum atomic E-state index is -0.658. The van der Waals surface area contributed by atoms with Crippen molar-refractivity contribution in [3.8, 4) is 0 Å². The van der Waals surface area contributed by atoms with Crippen LogP contribution in [0.5, 0.6) is 0 Å². The highest BCUT2D eigenvalue weighted by Crippen LogP contribution is 2.21. The fraction of sp³-hybridized carbons (Fsp3) is 0.941. The van der Waals surface area contributed by atoms with Crippen LogP contribution < -0.4 is 5.32 Å². The van der Waals surface area contributed by atoms with Gasteiger partial charge in [-0.2, -0.15) is 0 Å². The summed E-state index contributed by atoms with van der Waals surface area (Å²) < 4.78 is 11.2. The molecular weight excluding hydrogens is 266 g/mol. The smallest absolute Gasteiger partial charge is 0.326 e. The Bertz CT molecular complexity index is 298. The van der Waals surface area contributed by atoms with Crippen LogP contribution in [0.25, 0.3) is 0 Å². The number of ether oxygens (including phenoxy) is 2. The largest absolute Gasteiger partial charge is 0.465 e. The quantitative estimate of drug-likeness (QED) is 0.551. The van der Waals surface area contributed by atoms with Crippen LogP contribution in [0, 0.1) is 0 Å². The predicted molar refractivity (Wildman–Crippen MR) is 85.4 cm³/mol. The molecule has 0 bridgehead atoms. The number of hydrogen-bond acceptors (Lipinski definition) is 4. The maximum absolute atomic E-state index is 12.2. The van der Waals surface area contributed by atoms with E-state index in [9.17, 15) is 4.79 Å². The van der Waals surface area contributed by atoms with Gasteiger partial charge in [0.2, 0.25) is 0 Å². The SMILES string of the molecule is CCOC(=O)C(C)(CCOC1CCCCCC1)NC(C)C. The second kappa shape index (κ2) is 9.42. The minimum Gasteiger partial charge on any atom is -0.465 e. The lowest BCUT2D eigenvalue weighted by Crippen LogP contribution is -2.54. The molecule has 21 heavy (non-hydrogen) atoms. The summed E-state index contributed by atoms with van der Waals surface area (Å²) in [6.45, 7) is 8.88. The van der Waals surface area contributed by atoms with E-state index < -0.39 is 5.54 Å². The van der Waals surface area contributed by atoms with Gasteiger partial charge in [0.1, 0.15) is 5.54 Å². The summed E-state index contributed by atoms with van der Waals surface area (Å²) in [5, 5.41) is 3.34. The van der Waals surface area contributed by atoms with Crippen molar-refractivity contribution < 1.29 is 14.3 Å². The molecule has 1 rings (SSSR count). The van der Waals surface area contributed by atoms with Crippen LogP contribution in [0.15, 0.2) is 0 Å². The third-order valence-electron chi connectivity index (χ3n) is 4.09. The van der Waals surface area contributed by atoms with Gasteiger partial charge in [-0.15, -0.1) is 0 Å². The van der Waals surface area contributed by atoms with Crippen molar-refractivity contribution in [2.24, 2.45) is 0 Å². The topological polar surface area (TPSA) is 47.6 Å². The van der Waals surface area contributed by atoms with Crippen LogP contribution in [-0.4, -0.2) is 36.9 Å². The van der Waals surface area contributed by atoms with E-state index in [0.29, 0.717) is 25.7 Å². The summed E-state index contributed by atoms with van der Waals surface area (Å²) in [7, 11) is 0. The Labute approximate surface area is 130 Å². The van der Waals surface area contributed by atoms with Crippen LogP contribution in [0.4, 0.5) is 0 Å². The van der Waals surface area contributed by atoms with Crippen LogP contribution in [0.3, 0.4) is 0 Å². The Kier molecular flexibility index (Phi) is 8.27. The van der Waals surface area contributed by atoms with Crippen LogP contribution in [0.2, 0.25) is 0 Å².